The Balaban J connectivity index is 1.87. The number of halogens is 1. The van der Waals surface area contributed by atoms with Crippen LogP contribution in [-0.4, -0.2) is 15.0 Å². The van der Waals surface area contributed by atoms with E-state index in [0.29, 0.717) is 21.6 Å². The highest BCUT2D eigenvalue weighted by molar-refractivity contribution is 9.10. The zero-order valence-electron chi connectivity index (χ0n) is 13.2. The summed E-state index contributed by atoms with van der Waals surface area (Å²) in [6.45, 7) is 1.48. The maximum absolute atomic E-state index is 11.0. The van der Waals surface area contributed by atoms with Crippen molar-refractivity contribution < 1.29 is 18.8 Å². The van der Waals surface area contributed by atoms with Crippen molar-refractivity contribution in [3.8, 4) is 11.3 Å². The van der Waals surface area contributed by atoms with E-state index in [1.165, 1.54) is 31.2 Å². The quantitative estimate of drug-likeness (QED) is 0.420. The number of rotatable bonds is 5. The number of nitro groups is 2. The highest BCUT2D eigenvalue weighted by Gasteiger charge is 2.22. The standard InChI is InChI=1S/C16H10BrN3O6/c1-9-16(20(23)24)15(26-18-9)7-4-11-3-6-14(25-11)12-5-2-10(19(21)22)8-13(12)17/h2-8H,1H3. The topological polar surface area (TPSA) is 125 Å². The van der Waals surface area contributed by atoms with E-state index in [-0.39, 0.29) is 22.8 Å². The van der Waals surface area contributed by atoms with Crippen LogP contribution in [0.25, 0.3) is 23.5 Å². The lowest BCUT2D eigenvalue weighted by Gasteiger charge is -2.00. The first kappa shape index (κ1) is 17.5. The van der Waals surface area contributed by atoms with Gasteiger partial charge >= 0.3 is 5.69 Å². The third kappa shape index (κ3) is 3.40. The van der Waals surface area contributed by atoms with E-state index in [9.17, 15) is 20.2 Å². The Kier molecular flexibility index (Phi) is 4.67. The van der Waals surface area contributed by atoms with Crippen molar-refractivity contribution in [2.45, 2.75) is 6.92 Å². The molecule has 0 fully saturated rings. The van der Waals surface area contributed by atoms with Crippen LogP contribution >= 0.6 is 15.9 Å². The van der Waals surface area contributed by atoms with Crippen molar-refractivity contribution in [2.24, 2.45) is 0 Å². The molecule has 0 aliphatic rings. The molecule has 0 bridgehead atoms. The van der Waals surface area contributed by atoms with Crippen molar-refractivity contribution in [1.29, 1.82) is 0 Å². The summed E-state index contributed by atoms with van der Waals surface area (Å²) in [6.07, 6.45) is 2.90. The van der Waals surface area contributed by atoms with Gasteiger partial charge in [-0.25, -0.2) is 0 Å². The summed E-state index contributed by atoms with van der Waals surface area (Å²) in [6, 6.07) is 7.67. The molecule has 0 radical (unpaired) electrons. The fourth-order valence-electron chi connectivity index (χ4n) is 2.28. The molecule has 0 atom stereocenters. The Labute approximate surface area is 154 Å². The summed E-state index contributed by atoms with van der Waals surface area (Å²) in [5.74, 6) is 0.922. The average molecular weight is 420 g/mol. The summed E-state index contributed by atoms with van der Waals surface area (Å²) in [7, 11) is 0. The van der Waals surface area contributed by atoms with E-state index in [0.717, 1.165) is 0 Å². The van der Waals surface area contributed by atoms with Crippen LogP contribution in [0, 0.1) is 27.2 Å². The zero-order chi connectivity index (χ0) is 18.8. The molecule has 2 aromatic heterocycles. The lowest BCUT2D eigenvalue weighted by molar-refractivity contribution is -0.386. The third-order valence-corrected chi connectivity index (χ3v) is 4.15. The molecule has 132 valence electrons. The number of hydrogen-bond donors (Lipinski definition) is 0. The molecule has 2 heterocycles. The molecule has 0 N–H and O–H groups in total. The van der Waals surface area contributed by atoms with Crippen LogP contribution in [0.5, 0.6) is 0 Å². The number of non-ortho nitro benzene ring substituents is 1. The lowest BCUT2D eigenvalue weighted by Crippen LogP contribution is -1.90. The van der Waals surface area contributed by atoms with Gasteiger partial charge in [-0.05, 0) is 53.2 Å². The van der Waals surface area contributed by atoms with Crippen LogP contribution in [0.1, 0.15) is 17.2 Å². The van der Waals surface area contributed by atoms with Gasteiger partial charge in [-0.15, -0.1) is 0 Å². The minimum atomic E-state index is -0.562. The number of nitro benzene ring substituents is 1. The summed E-state index contributed by atoms with van der Waals surface area (Å²) in [5.41, 5.74) is 0.577. The van der Waals surface area contributed by atoms with Gasteiger partial charge in [0, 0.05) is 22.2 Å². The molecule has 0 unspecified atom stereocenters. The van der Waals surface area contributed by atoms with Crippen LogP contribution in [0.2, 0.25) is 0 Å². The fourth-order valence-corrected chi connectivity index (χ4v) is 2.84. The first-order valence-electron chi connectivity index (χ1n) is 7.19. The highest BCUT2D eigenvalue weighted by atomic mass is 79.9. The number of aromatic nitrogens is 1. The predicted octanol–water partition coefficient (Wildman–Crippen LogP) is 4.99. The van der Waals surface area contributed by atoms with Crippen molar-refractivity contribution in [2.75, 3.05) is 0 Å². The van der Waals surface area contributed by atoms with E-state index in [1.54, 1.807) is 18.2 Å². The Morgan fingerprint density at radius 3 is 2.54 bits per heavy atom. The van der Waals surface area contributed by atoms with E-state index < -0.39 is 9.85 Å². The van der Waals surface area contributed by atoms with Crippen LogP contribution in [0.15, 0.2) is 43.7 Å². The number of benzene rings is 1. The maximum atomic E-state index is 11.0. The third-order valence-electron chi connectivity index (χ3n) is 3.49. The Bertz CT molecular complexity index is 1040. The van der Waals surface area contributed by atoms with Gasteiger partial charge in [-0.2, -0.15) is 0 Å². The van der Waals surface area contributed by atoms with Crippen molar-refractivity contribution in [3.63, 3.8) is 0 Å². The molecule has 0 aliphatic heterocycles. The second-order valence-electron chi connectivity index (χ2n) is 5.19. The van der Waals surface area contributed by atoms with Crippen molar-refractivity contribution in [3.05, 3.63) is 72.2 Å². The molecule has 10 heteroatoms. The Morgan fingerprint density at radius 1 is 1.12 bits per heavy atom. The van der Waals surface area contributed by atoms with Gasteiger partial charge in [0.25, 0.3) is 5.69 Å². The van der Waals surface area contributed by atoms with Crippen LogP contribution < -0.4 is 0 Å². The van der Waals surface area contributed by atoms with Gasteiger partial charge in [-0.3, -0.25) is 20.2 Å². The highest BCUT2D eigenvalue weighted by Crippen LogP contribution is 2.33. The van der Waals surface area contributed by atoms with Crippen LogP contribution in [0.3, 0.4) is 0 Å². The molecule has 26 heavy (non-hydrogen) atoms. The monoisotopic (exact) mass is 419 g/mol. The Morgan fingerprint density at radius 2 is 1.88 bits per heavy atom. The molecule has 9 nitrogen and oxygen atoms in total. The van der Waals surface area contributed by atoms with Crippen LogP contribution in [-0.2, 0) is 0 Å². The molecular formula is C16H10BrN3O6. The lowest BCUT2D eigenvalue weighted by atomic mass is 10.1. The summed E-state index contributed by atoms with van der Waals surface area (Å²) in [5, 5.41) is 25.4. The minimum absolute atomic E-state index is 0.0157. The van der Waals surface area contributed by atoms with Gasteiger partial charge in [0.1, 0.15) is 11.5 Å². The Hall–Kier alpha value is -3.27. The SMILES string of the molecule is Cc1noc(C=Cc2ccc(-c3ccc([N+](=O)[O-])cc3Br)o2)c1[N+](=O)[O-]. The molecule has 0 saturated carbocycles. The average Bonchev–Trinajstić information content (AvgIpc) is 3.19. The largest absolute Gasteiger partial charge is 0.457 e. The molecule has 1 aromatic carbocycles. The summed E-state index contributed by atoms with van der Waals surface area (Å²) >= 11 is 3.28. The number of hydrogen-bond acceptors (Lipinski definition) is 7. The predicted molar refractivity (Wildman–Crippen MR) is 95.3 cm³/mol. The second kappa shape index (κ2) is 6.92. The van der Waals surface area contributed by atoms with Gasteiger partial charge in [0.2, 0.25) is 5.76 Å². The van der Waals surface area contributed by atoms with E-state index in [2.05, 4.69) is 21.1 Å². The molecule has 0 amide bonds. The number of aryl methyl sites for hydroxylation is 1. The maximum Gasteiger partial charge on any atom is 0.338 e. The first-order chi connectivity index (χ1) is 12.4. The molecule has 0 aliphatic carbocycles. The molecular weight excluding hydrogens is 410 g/mol. The van der Waals surface area contributed by atoms with E-state index in [4.69, 9.17) is 8.94 Å². The minimum Gasteiger partial charge on any atom is -0.457 e. The van der Waals surface area contributed by atoms with Gasteiger partial charge in [0.15, 0.2) is 5.69 Å². The number of furan rings is 1. The fraction of sp³-hybridized carbons (Fsp3) is 0.0625. The van der Waals surface area contributed by atoms with Crippen molar-refractivity contribution in [1.82, 2.24) is 5.16 Å². The van der Waals surface area contributed by atoms with E-state index in [1.807, 2.05) is 0 Å². The van der Waals surface area contributed by atoms with E-state index >= 15 is 0 Å². The summed E-state index contributed by atoms with van der Waals surface area (Å²) in [4.78, 5) is 20.8. The zero-order valence-corrected chi connectivity index (χ0v) is 14.8. The molecule has 0 spiro atoms. The second-order valence-corrected chi connectivity index (χ2v) is 6.05. The normalized spacial score (nSPS) is 11.2. The summed E-state index contributed by atoms with van der Waals surface area (Å²) < 4.78 is 11.1. The smallest absolute Gasteiger partial charge is 0.338 e. The number of nitrogens with zero attached hydrogens (tertiary/aromatic N) is 3. The molecule has 3 aromatic rings. The first-order valence-corrected chi connectivity index (χ1v) is 7.99. The van der Waals surface area contributed by atoms with Gasteiger partial charge in [0.05, 0.1) is 9.85 Å². The van der Waals surface area contributed by atoms with Gasteiger partial charge in [-0.1, -0.05) is 5.16 Å². The van der Waals surface area contributed by atoms with Crippen LogP contribution in [0.4, 0.5) is 11.4 Å². The van der Waals surface area contributed by atoms with Crippen molar-refractivity contribution >= 4 is 39.5 Å². The van der Waals surface area contributed by atoms with Gasteiger partial charge < -0.3 is 8.94 Å². The molecule has 3 rings (SSSR count). The molecule has 0 saturated heterocycles.